The molecule has 0 aliphatic carbocycles. The molecule has 0 aromatic heterocycles. The zero-order valence-corrected chi connectivity index (χ0v) is 16.1. The summed E-state index contributed by atoms with van der Waals surface area (Å²) >= 11 is 6.19. The fraction of sp³-hybridized carbons (Fsp3) is 0.333. The first-order valence-corrected chi connectivity index (χ1v) is 10.3. The third-order valence-electron chi connectivity index (χ3n) is 4.39. The standard InChI is InChI=1S/C18H22ClN3O3S/c1-21-9-2-10-22(18-13-14(19)3-8-17(18)21)11-12-25-15-4-6-16(7-5-15)26(20,23)24/h3-8,13H,2,9-12H2,1H3,(H2,20,23,24). The van der Waals surface area contributed by atoms with Crippen LogP contribution in [0.3, 0.4) is 0 Å². The molecule has 6 nitrogen and oxygen atoms in total. The van der Waals surface area contributed by atoms with Crippen molar-refractivity contribution in [3.8, 4) is 5.75 Å². The molecule has 26 heavy (non-hydrogen) atoms. The second kappa shape index (κ2) is 7.73. The molecule has 0 atom stereocenters. The van der Waals surface area contributed by atoms with Gasteiger partial charge in [-0.2, -0.15) is 0 Å². The first-order chi connectivity index (χ1) is 12.3. The van der Waals surface area contributed by atoms with E-state index < -0.39 is 10.0 Å². The monoisotopic (exact) mass is 395 g/mol. The highest BCUT2D eigenvalue weighted by Crippen LogP contribution is 2.33. The largest absolute Gasteiger partial charge is 0.492 e. The lowest BCUT2D eigenvalue weighted by atomic mass is 10.2. The van der Waals surface area contributed by atoms with Crippen molar-refractivity contribution in [1.82, 2.24) is 0 Å². The number of halogens is 1. The summed E-state index contributed by atoms with van der Waals surface area (Å²) in [5.74, 6) is 0.607. The van der Waals surface area contributed by atoms with Crippen LogP contribution >= 0.6 is 11.6 Å². The van der Waals surface area contributed by atoms with Gasteiger partial charge >= 0.3 is 0 Å². The fourth-order valence-electron chi connectivity index (χ4n) is 3.04. The predicted octanol–water partition coefficient (Wildman–Crippen LogP) is 2.71. The number of nitrogens with two attached hydrogens (primary N) is 1. The van der Waals surface area contributed by atoms with Gasteiger partial charge in [-0.15, -0.1) is 0 Å². The Balaban J connectivity index is 1.66. The number of benzene rings is 2. The number of fused-ring (bicyclic) bond motifs is 1. The summed E-state index contributed by atoms with van der Waals surface area (Å²) in [6, 6.07) is 12.1. The van der Waals surface area contributed by atoms with Gasteiger partial charge < -0.3 is 14.5 Å². The number of hydrogen-bond donors (Lipinski definition) is 1. The van der Waals surface area contributed by atoms with E-state index in [0.29, 0.717) is 23.9 Å². The second-order valence-corrected chi connectivity index (χ2v) is 8.26. The smallest absolute Gasteiger partial charge is 0.238 e. The van der Waals surface area contributed by atoms with Crippen LogP contribution in [0.15, 0.2) is 47.4 Å². The summed E-state index contributed by atoms with van der Waals surface area (Å²) in [6.07, 6.45) is 1.05. The Morgan fingerprint density at radius 1 is 1.12 bits per heavy atom. The summed E-state index contributed by atoms with van der Waals surface area (Å²) < 4.78 is 28.3. The van der Waals surface area contributed by atoms with Crippen LogP contribution in [0.1, 0.15) is 6.42 Å². The van der Waals surface area contributed by atoms with Crippen LogP contribution in [-0.4, -0.2) is 41.7 Å². The SMILES string of the molecule is CN1CCCN(CCOc2ccc(S(N)(=O)=O)cc2)c2cc(Cl)ccc21. The van der Waals surface area contributed by atoms with E-state index in [9.17, 15) is 8.42 Å². The molecule has 1 aliphatic rings. The van der Waals surface area contributed by atoms with Crippen LogP contribution in [0, 0.1) is 0 Å². The van der Waals surface area contributed by atoms with Crippen molar-refractivity contribution in [1.29, 1.82) is 0 Å². The number of sulfonamides is 1. The average Bonchev–Trinajstić information content (AvgIpc) is 2.74. The van der Waals surface area contributed by atoms with Gasteiger partial charge in [-0.1, -0.05) is 11.6 Å². The fourth-order valence-corrected chi connectivity index (χ4v) is 3.73. The van der Waals surface area contributed by atoms with Gasteiger partial charge in [-0.3, -0.25) is 0 Å². The Morgan fingerprint density at radius 3 is 2.54 bits per heavy atom. The summed E-state index contributed by atoms with van der Waals surface area (Å²) in [4.78, 5) is 4.58. The quantitative estimate of drug-likeness (QED) is 0.842. The first kappa shape index (κ1) is 18.8. The Hall–Kier alpha value is -1.96. The second-order valence-electron chi connectivity index (χ2n) is 6.26. The number of rotatable bonds is 5. The van der Waals surface area contributed by atoms with E-state index in [4.69, 9.17) is 21.5 Å². The van der Waals surface area contributed by atoms with Crippen molar-refractivity contribution in [3.05, 3.63) is 47.5 Å². The zero-order valence-electron chi connectivity index (χ0n) is 14.6. The Kier molecular flexibility index (Phi) is 5.60. The van der Waals surface area contributed by atoms with Gasteiger partial charge in [0.05, 0.1) is 22.8 Å². The topological polar surface area (TPSA) is 75.9 Å². The lowest BCUT2D eigenvalue weighted by molar-refractivity contribution is 0.323. The molecule has 2 aromatic carbocycles. The van der Waals surface area contributed by atoms with Crippen LogP contribution in [0.4, 0.5) is 11.4 Å². The maximum Gasteiger partial charge on any atom is 0.238 e. The molecule has 0 amide bonds. The molecule has 0 saturated heterocycles. The van der Waals surface area contributed by atoms with E-state index in [1.54, 1.807) is 12.1 Å². The van der Waals surface area contributed by atoms with Crippen LogP contribution in [0.2, 0.25) is 5.02 Å². The molecule has 0 saturated carbocycles. The summed E-state index contributed by atoms with van der Waals surface area (Å²) in [5, 5.41) is 5.81. The minimum Gasteiger partial charge on any atom is -0.492 e. The molecule has 1 heterocycles. The molecule has 0 spiro atoms. The van der Waals surface area contributed by atoms with Gasteiger partial charge in [0.25, 0.3) is 0 Å². The number of nitrogens with zero attached hydrogens (tertiary/aromatic N) is 2. The minimum atomic E-state index is -3.68. The molecule has 1 aliphatic heterocycles. The van der Waals surface area contributed by atoms with E-state index in [1.165, 1.54) is 12.1 Å². The van der Waals surface area contributed by atoms with E-state index in [0.717, 1.165) is 30.9 Å². The van der Waals surface area contributed by atoms with Gasteiger partial charge in [0, 0.05) is 25.2 Å². The van der Waals surface area contributed by atoms with Gasteiger partial charge in [0.2, 0.25) is 10.0 Å². The normalized spacial score (nSPS) is 14.7. The van der Waals surface area contributed by atoms with Gasteiger partial charge in [-0.25, -0.2) is 13.6 Å². The zero-order chi connectivity index (χ0) is 18.7. The van der Waals surface area contributed by atoms with Crippen molar-refractivity contribution >= 4 is 33.0 Å². The third-order valence-corrected chi connectivity index (χ3v) is 5.56. The van der Waals surface area contributed by atoms with Crippen LogP contribution in [-0.2, 0) is 10.0 Å². The van der Waals surface area contributed by atoms with E-state index in [-0.39, 0.29) is 4.90 Å². The van der Waals surface area contributed by atoms with Crippen molar-refractivity contribution in [2.24, 2.45) is 5.14 Å². The van der Waals surface area contributed by atoms with Crippen LogP contribution < -0.4 is 19.7 Å². The number of anilines is 2. The Morgan fingerprint density at radius 2 is 1.85 bits per heavy atom. The van der Waals surface area contributed by atoms with Crippen molar-refractivity contribution in [3.63, 3.8) is 0 Å². The van der Waals surface area contributed by atoms with Crippen molar-refractivity contribution in [2.75, 3.05) is 43.1 Å². The number of primary sulfonamides is 1. The van der Waals surface area contributed by atoms with Gasteiger partial charge in [-0.05, 0) is 48.9 Å². The number of ether oxygens (including phenoxy) is 1. The highest BCUT2D eigenvalue weighted by Gasteiger charge is 2.18. The van der Waals surface area contributed by atoms with Crippen molar-refractivity contribution in [2.45, 2.75) is 11.3 Å². The Bertz CT molecular complexity index is 872. The van der Waals surface area contributed by atoms with Crippen molar-refractivity contribution < 1.29 is 13.2 Å². The van der Waals surface area contributed by atoms with Gasteiger partial charge in [0.15, 0.2) is 0 Å². The van der Waals surface area contributed by atoms with E-state index in [1.807, 2.05) is 18.2 Å². The average molecular weight is 396 g/mol. The molecule has 140 valence electrons. The molecular formula is C18H22ClN3O3S. The molecule has 0 fully saturated rings. The van der Waals surface area contributed by atoms with E-state index in [2.05, 4.69) is 16.8 Å². The highest BCUT2D eigenvalue weighted by molar-refractivity contribution is 7.89. The van der Waals surface area contributed by atoms with E-state index >= 15 is 0 Å². The molecule has 2 aromatic rings. The minimum absolute atomic E-state index is 0.0731. The highest BCUT2D eigenvalue weighted by atomic mass is 35.5. The molecule has 8 heteroatoms. The lowest BCUT2D eigenvalue weighted by Crippen LogP contribution is -2.29. The maximum atomic E-state index is 11.3. The molecule has 2 N–H and O–H groups in total. The summed E-state index contributed by atoms with van der Waals surface area (Å²) in [7, 11) is -1.60. The lowest BCUT2D eigenvalue weighted by Gasteiger charge is -2.26. The molecule has 0 unspecified atom stereocenters. The predicted molar refractivity (Wildman–Crippen MR) is 105 cm³/mol. The third kappa shape index (κ3) is 4.41. The summed E-state index contributed by atoms with van der Waals surface area (Å²) in [5.41, 5.74) is 2.26. The molecular weight excluding hydrogens is 374 g/mol. The van der Waals surface area contributed by atoms with Gasteiger partial charge in [0.1, 0.15) is 12.4 Å². The molecule has 0 bridgehead atoms. The van der Waals surface area contributed by atoms with Crippen LogP contribution in [0.25, 0.3) is 0 Å². The summed E-state index contributed by atoms with van der Waals surface area (Å²) in [6.45, 7) is 3.09. The Labute approximate surface area is 159 Å². The van der Waals surface area contributed by atoms with Crippen LogP contribution in [0.5, 0.6) is 5.75 Å². The first-order valence-electron chi connectivity index (χ1n) is 8.36. The molecule has 0 radical (unpaired) electrons. The molecule has 3 rings (SSSR count). The maximum absolute atomic E-state index is 11.3. The number of hydrogen-bond acceptors (Lipinski definition) is 5.